The summed E-state index contributed by atoms with van der Waals surface area (Å²) in [6.07, 6.45) is 0. The van der Waals surface area contributed by atoms with Gasteiger partial charge in [-0.15, -0.1) is 0 Å². The van der Waals surface area contributed by atoms with Crippen molar-refractivity contribution in [1.29, 1.82) is 0 Å². The molecule has 0 saturated heterocycles. The van der Waals surface area contributed by atoms with Gasteiger partial charge in [-0.3, -0.25) is 13.9 Å². The second-order valence-electron chi connectivity index (χ2n) is 11.0. The Morgan fingerprint density at radius 1 is 0.872 bits per heavy atom. The third kappa shape index (κ3) is 7.69. The number of carbonyl (C=O) groups excluding carboxylic acids is 2. The van der Waals surface area contributed by atoms with E-state index < -0.39 is 34.1 Å². The third-order valence-electron chi connectivity index (χ3n) is 6.44. The molecule has 0 unspecified atom stereocenters. The van der Waals surface area contributed by atoms with E-state index in [1.54, 1.807) is 49.4 Å². The van der Waals surface area contributed by atoms with E-state index in [1.807, 2.05) is 71.9 Å². The van der Waals surface area contributed by atoms with Gasteiger partial charge in [-0.1, -0.05) is 54.1 Å². The molecular formula is C31H39N3O4S. The summed E-state index contributed by atoms with van der Waals surface area (Å²) in [7, 11) is -4.09. The molecule has 1 N–H and O–H groups in total. The zero-order valence-electron chi connectivity index (χ0n) is 23.9. The highest BCUT2D eigenvalue weighted by Crippen LogP contribution is 2.26. The Morgan fingerprint density at radius 2 is 1.51 bits per heavy atom. The number of benzene rings is 3. The molecule has 0 saturated carbocycles. The first kappa shape index (κ1) is 29.9. The van der Waals surface area contributed by atoms with Gasteiger partial charge in [-0.25, -0.2) is 8.42 Å². The van der Waals surface area contributed by atoms with Gasteiger partial charge in [0.2, 0.25) is 11.8 Å². The molecule has 1 atom stereocenters. The van der Waals surface area contributed by atoms with E-state index in [0.29, 0.717) is 5.69 Å². The lowest BCUT2D eigenvalue weighted by atomic mass is 10.1. The van der Waals surface area contributed by atoms with Crippen LogP contribution in [-0.2, 0) is 26.2 Å². The summed E-state index contributed by atoms with van der Waals surface area (Å²) in [5, 5.41) is 2.94. The summed E-state index contributed by atoms with van der Waals surface area (Å²) in [4.78, 5) is 28.7. The maximum atomic E-state index is 14.0. The molecule has 0 heterocycles. The number of sulfonamides is 1. The molecule has 7 nitrogen and oxygen atoms in total. The summed E-state index contributed by atoms with van der Waals surface area (Å²) in [6.45, 7) is 12.7. The molecular weight excluding hydrogens is 510 g/mol. The van der Waals surface area contributed by atoms with Crippen molar-refractivity contribution in [2.45, 2.75) is 71.5 Å². The maximum Gasteiger partial charge on any atom is 0.264 e. The van der Waals surface area contributed by atoms with Crippen LogP contribution in [0.2, 0.25) is 0 Å². The topological polar surface area (TPSA) is 86.8 Å². The number of nitrogens with zero attached hydrogens (tertiary/aromatic N) is 2. The third-order valence-corrected chi connectivity index (χ3v) is 8.23. The SMILES string of the molecule is Cc1ccc(S(=O)(=O)N(CC(=O)N(Cc2ccccc2C)[C@@H](C)C(=O)NC(C)(C)C)c2cccc(C)c2)cc1. The normalized spacial score (nSPS) is 12.5. The summed E-state index contributed by atoms with van der Waals surface area (Å²) in [5.74, 6) is -0.792. The zero-order valence-corrected chi connectivity index (χ0v) is 24.7. The summed E-state index contributed by atoms with van der Waals surface area (Å²) >= 11 is 0. The van der Waals surface area contributed by atoms with Crippen LogP contribution in [0.5, 0.6) is 0 Å². The van der Waals surface area contributed by atoms with E-state index in [0.717, 1.165) is 26.6 Å². The van der Waals surface area contributed by atoms with Crippen molar-refractivity contribution in [2.75, 3.05) is 10.8 Å². The summed E-state index contributed by atoms with van der Waals surface area (Å²) in [5.41, 5.74) is 3.53. The Kier molecular flexibility index (Phi) is 9.22. The Morgan fingerprint density at radius 3 is 2.10 bits per heavy atom. The van der Waals surface area contributed by atoms with Crippen molar-refractivity contribution in [3.63, 3.8) is 0 Å². The number of aryl methyl sites for hydroxylation is 3. The largest absolute Gasteiger partial charge is 0.350 e. The van der Waals surface area contributed by atoms with Gasteiger partial charge in [0.25, 0.3) is 10.0 Å². The van der Waals surface area contributed by atoms with Gasteiger partial charge in [0.1, 0.15) is 12.6 Å². The van der Waals surface area contributed by atoms with Gasteiger partial charge >= 0.3 is 0 Å². The molecule has 0 fully saturated rings. The predicted octanol–water partition coefficient (Wildman–Crippen LogP) is 5.14. The smallest absolute Gasteiger partial charge is 0.264 e. The fourth-order valence-electron chi connectivity index (χ4n) is 4.18. The quantitative estimate of drug-likeness (QED) is 0.401. The monoisotopic (exact) mass is 549 g/mol. The van der Waals surface area contributed by atoms with Gasteiger partial charge in [-0.05, 0) is 89.4 Å². The number of rotatable bonds is 9. The molecule has 2 amide bonds. The number of hydrogen-bond donors (Lipinski definition) is 1. The summed E-state index contributed by atoms with van der Waals surface area (Å²) in [6, 6.07) is 20.4. The number of nitrogens with one attached hydrogen (secondary N) is 1. The van der Waals surface area contributed by atoms with Gasteiger partial charge in [0.15, 0.2) is 0 Å². The second-order valence-corrected chi connectivity index (χ2v) is 12.9. The van der Waals surface area contributed by atoms with Crippen LogP contribution < -0.4 is 9.62 Å². The minimum absolute atomic E-state index is 0.0892. The van der Waals surface area contributed by atoms with Crippen LogP contribution in [0.1, 0.15) is 49.9 Å². The number of anilines is 1. The Labute approximate surface area is 232 Å². The standard InChI is InChI=1S/C31H39N3O4S/c1-22-15-17-28(18-16-22)39(37,38)34(27-14-10-11-23(2)19-27)21-29(35)33(20-26-13-9-8-12-24(26)3)25(4)30(36)32-31(5,6)7/h8-19,25H,20-21H2,1-7H3,(H,32,36)/t25-/m0/s1. The van der Waals surface area contributed by atoms with E-state index in [-0.39, 0.29) is 17.3 Å². The maximum absolute atomic E-state index is 14.0. The van der Waals surface area contributed by atoms with E-state index in [4.69, 9.17) is 0 Å². The van der Waals surface area contributed by atoms with Crippen molar-refractivity contribution in [3.05, 3.63) is 95.1 Å². The molecule has 0 bridgehead atoms. The van der Waals surface area contributed by atoms with Crippen molar-refractivity contribution < 1.29 is 18.0 Å². The molecule has 8 heteroatoms. The molecule has 3 rings (SSSR count). The Balaban J connectivity index is 2.05. The number of amides is 2. The van der Waals surface area contributed by atoms with Crippen LogP contribution in [0, 0.1) is 20.8 Å². The lowest BCUT2D eigenvalue weighted by Crippen LogP contribution is -2.54. The van der Waals surface area contributed by atoms with Crippen LogP contribution in [0.3, 0.4) is 0 Å². The van der Waals surface area contributed by atoms with E-state index in [9.17, 15) is 18.0 Å². The molecule has 39 heavy (non-hydrogen) atoms. The zero-order chi connectivity index (χ0) is 29.0. The first-order valence-electron chi connectivity index (χ1n) is 13.0. The number of carbonyl (C=O) groups is 2. The molecule has 0 aliphatic heterocycles. The minimum atomic E-state index is -4.09. The summed E-state index contributed by atoms with van der Waals surface area (Å²) < 4.78 is 28.9. The second kappa shape index (κ2) is 12.0. The van der Waals surface area contributed by atoms with Crippen LogP contribution in [0.4, 0.5) is 5.69 Å². The highest BCUT2D eigenvalue weighted by atomic mass is 32.2. The van der Waals surface area contributed by atoms with Gasteiger partial charge in [-0.2, -0.15) is 0 Å². The fourth-order valence-corrected chi connectivity index (χ4v) is 5.58. The average molecular weight is 550 g/mol. The van der Waals surface area contributed by atoms with E-state index in [1.165, 1.54) is 4.90 Å². The molecule has 208 valence electrons. The lowest BCUT2D eigenvalue weighted by Gasteiger charge is -2.33. The first-order chi connectivity index (χ1) is 18.2. The van der Waals surface area contributed by atoms with Crippen LogP contribution in [-0.4, -0.2) is 43.3 Å². The lowest BCUT2D eigenvalue weighted by molar-refractivity contribution is -0.140. The average Bonchev–Trinajstić information content (AvgIpc) is 2.85. The predicted molar refractivity (Wildman–Crippen MR) is 156 cm³/mol. The fraction of sp³-hybridized carbons (Fsp3) is 0.355. The highest BCUT2D eigenvalue weighted by Gasteiger charge is 2.33. The van der Waals surface area contributed by atoms with Crippen LogP contribution in [0.25, 0.3) is 0 Å². The molecule has 0 aliphatic rings. The molecule has 3 aromatic carbocycles. The van der Waals surface area contributed by atoms with E-state index in [2.05, 4.69) is 5.32 Å². The van der Waals surface area contributed by atoms with Crippen molar-refractivity contribution in [1.82, 2.24) is 10.2 Å². The molecule has 0 aromatic heterocycles. The van der Waals surface area contributed by atoms with Crippen molar-refractivity contribution >= 4 is 27.5 Å². The molecule has 0 spiro atoms. The van der Waals surface area contributed by atoms with Gasteiger partial charge in [0, 0.05) is 12.1 Å². The van der Waals surface area contributed by atoms with E-state index >= 15 is 0 Å². The Bertz CT molecular complexity index is 1430. The minimum Gasteiger partial charge on any atom is -0.350 e. The highest BCUT2D eigenvalue weighted by molar-refractivity contribution is 7.92. The molecule has 0 radical (unpaired) electrons. The van der Waals surface area contributed by atoms with Crippen molar-refractivity contribution in [3.8, 4) is 0 Å². The van der Waals surface area contributed by atoms with Gasteiger partial charge in [0.05, 0.1) is 10.6 Å². The number of hydrogen-bond acceptors (Lipinski definition) is 4. The van der Waals surface area contributed by atoms with Crippen LogP contribution >= 0.6 is 0 Å². The first-order valence-corrected chi connectivity index (χ1v) is 14.4. The molecule has 3 aromatic rings. The van der Waals surface area contributed by atoms with Crippen molar-refractivity contribution in [2.24, 2.45) is 0 Å². The Hall–Kier alpha value is -3.65. The molecule has 0 aliphatic carbocycles. The van der Waals surface area contributed by atoms with Crippen LogP contribution in [0.15, 0.2) is 77.7 Å². The van der Waals surface area contributed by atoms with Gasteiger partial charge < -0.3 is 10.2 Å².